The topological polar surface area (TPSA) is 74.5 Å². The van der Waals surface area contributed by atoms with Crippen molar-refractivity contribution in [1.29, 1.82) is 0 Å². The zero-order valence-electron chi connectivity index (χ0n) is 13.9. The summed E-state index contributed by atoms with van der Waals surface area (Å²) in [5.41, 5.74) is 0.278. The highest BCUT2D eigenvalue weighted by atomic mass is 16.3. The molecule has 0 radical (unpaired) electrons. The van der Waals surface area contributed by atoms with E-state index in [4.69, 9.17) is 5.11 Å². The Morgan fingerprint density at radius 3 is 2.74 bits per heavy atom. The lowest BCUT2D eigenvalue weighted by atomic mass is 9.72. The Morgan fingerprint density at radius 2 is 2.09 bits per heavy atom. The molecule has 2 aliphatic heterocycles. The second-order valence-corrected chi connectivity index (χ2v) is 7.03. The second kappa shape index (κ2) is 6.97. The van der Waals surface area contributed by atoms with Gasteiger partial charge in [-0.15, -0.1) is 10.2 Å². The molecule has 0 bridgehead atoms. The van der Waals surface area contributed by atoms with Gasteiger partial charge in [-0.2, -0.15) is 0 Å². The zero-order chi connectivity index (χ0) is 16.3. The van der Waals surface area contributed by atoms with E-state index in [1.807, 2.05) is 16.5 Å². The van der Waals surface area contributed by atoms with Crippen molar-refractivity contribution in [2.24, 2.45) is 12.5 Å². The number of amides is 1. The van der Waals surface area contributed by atoms with E-state index in [1.54, 1.807) is 6.33 Å². The normalized spacial score (nSPS) is 22.0. The largest absolute Gasteiger partial charge is 0.396 e. The number of carbonyl (C=O) groups excluding carboxylic acids is 1. The molecule has 2 fully saturated rings. The highest BCUT2D eigenvalue weighted by Crippen LogP contribution is 2.40. The quantitative estimate of drug-likeness (QED) is 0.850. The van der Waals surface area contributed by atoms with Gasteiger partial charge in [-0.3, -0.25) is 9.69 Å². The summed E-state index contributed by atoms with van der Waals surface area (Å²) < 4.78 is 1.97. The molecule has 7 nitrogen and oxygen atoms in total. The molecule has 0 unspecified atom stereocenters. The molecular formula is C16H27N5O2. The van der Waals surface area contributed by atoms with E-state index in [0.29, 0.717) is 19.4 Å². The maximum absolute atomic E-state index is 12.1. The Labute approximate surface area is 137 Å². The first kappa shape index (κ1) is 16.4. The van der Waals surface area contributed by atoms with Crippen LogP contribution in [0.2, 0.25) is 0 Å². The molecule has 1 spiro atoms. The monoisotopic (exact) mass is 321 g/mol. The zero-order valence-corrected chi connectivity index (χ0v) is 13.9. The minimum atomic E-state index is 0.155. The standard InChI is InChI=1S/C16H27N5O2/c1-19-13-17-18-14(19)11-20-8-5-16(6-9-20)4-3-15(23)21(12-16)7-2-10-22/h13,22H,2-12H2,1H3. The van der Waals surface area contributed by atoms with Gasteiger partial charge in [0.05, 0.1) is 6.54 Å². The Kier molecular flexibility index (Phi) is 4.96. The molecule has 3 heterocycles. The van der Waals surface area contributed by atoms with Crippen LogP contribution in [0.5, 0.6) is 0 Å². The van der Waals surface area contributed by atoms with Crippen molar-refractivity contribution in [3.8, 4) is 0 Å². The number of rotatable bonds is 5. The summed E-state index contributed by atoms with van der Waals surface area (Å²) in [7, 11) is 1.98. The van der Waals surface area contributed by atoms with Gasteiger partial charge < -0.3 is 14.6 Å². The first-order valence-electron chi connectivity index (χ1n) is 8.56. The third-order valence-corrected chi connectivity index (χ3v) is 5.42. The predicted octanol–water partition coefficient (Wildman–Crippen LogP) is 0.402. The fourth-order valence-electron chi connectivity index (χ4n) is 3.81. The molecule has 0 aliphatic carbocycles. The molecular weight excluding hydrogens is 294 g/mol. The van der Waals surface area contributed by atoms with Crippen molar-refractivity contribution in [3.63, 3.8) is 0 Å². The van der Waals surface area contributed by atoms with E-state index in [0.717, 1.165) is 51.3 Å². The summed E-state index contributed by atoms with van der Waals surface area (Å²) in [4.78, 5) is 16.5. The molecule has 0 saturated carbocycles. The maximum atomic E-state index is 12.1. The number of hydrogen-bond acceptors (Lipinski definition) is 5. The van der Waals surface area contributed by atoms with E-state index in [-0.39, 0.29) is 17.9 Å². The van der Waals surface area contributed by atoms with Crippen LogP contribution >= 0.6 is 0 Å². The third kappa shape index (κ3) is 3.72. The molecule has 2 saturated heterocycles. The Balaban J connectivity index is 1.55. The molecule has 1 aromatic rings. The Hall–Kier alpha value is -1.47. The van der Waals surface area contributed by atoms with Gasteiger partial charge in [0.15, 0.2) is 0 Å². The minimum absolute atomic E-state index is 0.155. The first-order valence-corrected chi connectivity index (χ1v) is 8.56. The fourth-order valence-corrected chi connectivity index (χ4v) is 3.81. The number of aryl methyl sites for hydroxylation is 1. The number of nitrogens with zero attached hydrogens (tertiary/aromatic N) is 5. The second-order valence-electron chi connectivity index (χ2n) is 7.03. The van der Waals surface area contributed by atoms with Crippen LogP contribution in [-0.4, -0.2) is 68.4 Å². The van der Waals surface area contributed by atoms with Crippen LogP contribution in [0.1, 0.15) is 37.9 Å². The smallest absolute Gasteiger partial charge is 0.222 e. The molecule has 1 aromatic heterocycles. The van der Waals surface area contributed by atoms with E-state index >= 15 is 0 Å². The summed E-state index contributed by atoms with van der Waals surface area (Å²) >= 11 is 0. The lowest BCUT2D eigenvalue weighted by molar-refractivity contribution is -0.139. The maximum Gasteiger partial charge on any atom is 0.222 e. The van der Waals surface area contributed by atoms with Crippen molar-refractivity contribution < 1.29 is 9.90 Å². The SMILES string of the molecule is Cn1cnnc1CN1CCC2(CCC(=O)N(CCCO)C2)CC1. The lowest BCUT2D eigenvalue weighted by Gasteiger charge is -2.47. The van der Waals surface area contributed by atoms with Crippen molar-refractivity contribution >= 4 is 5.91 Å². The van der Waals surface area contributed by atoms with E-state index in [2.05, 4.69) is 15.1 Å². The van der Waals surface area contributed by atoms with Gasteiger partial charge in [0.25, 0.3) is 0 Å². The average molecular weight is 321 g/mol. The van der Waals surface area contributed by atoms with Crippen LogP contribution in [0.25, 0.3) is 0 Å². The number of hydrogen-bond donors (Lipinski definition) is 1. The van der Waals surface area contributed by atoms with Crippen molar-refractivity contribution in [2.75, 3.05) is 32.8 Å². The number of aliphatic hydroxyl groups is 1. The van der Waals surface area contributed by atoms with Crippen LogP contribution < -0.4 is 0 Å². The van der Waals surface area contributed by atoms with Crippen LogP contribution in [-0.2, 0) is 18.4 Å². The van der Waals surface area contributed by atoms with E-state index in [1.165, 1.54) is 0 Å². The summed E-state index contributed by atoms with van der Waals surface area (Å²) in [6.07, 6.45) is 6.36. The molecule has 23 heavy (non-hydrogen) atoms. The van der Waals surface area contributed by atoms with Gasteiger partial charge in [-0.1, -0.05) is 0 Å². The molecule has 0 atom stereocenters. The van der Waals surface area contributed by atoms with Crippen molar-refractivity contribution in [3.05, 3.63) is 12.2 Å². The average Bonchev–Trinajstić information content (AvgIpc) is 2.96. The molecule has 3 rings (SSSR count). The number of aromatic nitrogens is 3. The van der Waals surface area contributed by atoms with Gasteiger partial charge in [-0.05, 0) is 44.2 Å². The number of aliphatic hydroxyl groups excluding tert-OH is 1. The molecule has 1 amide bonds. The van der Waals surface area contributed by atoms with Gasteiger partial charge in [-0.25, -0.2) is 0 Å². The molecule has 1 N–H and O–H groups in total. The summed E-state index contributed by atoms with van der Waals surface area (Å²) in [5, 5.41) is 17.1. The van der Waals surface area contributed by atoms with Gasteiger partial charge >= 0.3 is 0 Å². The van der Waals surface area contributed by atoms with Crippen LogP contribution in [0.4, 0.5) is 0 Å². The van der Waals surface area contributed by atoms with E-state index in [9.17, 15) is 4.79 Å². The molecule has 7 heteroatoms. The fraction of sp³-hybridized carbons (Fsp3) is 0.812. The lowest BCUT2D eigenvalue weighted by Crippen LogP contribution is -2.51. The highest BCUT2D eigenvalue weighted by Gasteiger charge is 2.40. The first-order chi connectivity index (χ1) is 11.1. The van der Waals surface area contributed by atoms with Gasteiger partial charge in [0, 0.05) is 33.2 Å². The Morgan fingerprint density at radius 1 is 1.30 bits per heavy atom. The van der Waals surface area contributed by atoms with Gasteiger partial charge in [0.2, 0.25) is 5.91 Å². The third-order valence-electron chi connectivity index (χ3n) is 5.42. The summed E-state index contributed by atoms with van der Waals surface area (Å²) in [6, 6.07) is 0. The summed E-state index contributed by atoms with van der Waals surface area (Å²) in [5.74, 6) is 1.26. The molecule has 128 valence electrons. The molecule has 2 aliphatic rings. The molecule has 0 aromatic carbocycles. The van der Waals surface area contributed by atoms with Crippen LogP contribution in [0.3, 0.4) is 0 Å². The van der Waals surface area contributed by atoms with Crippen molar-refractivity contribution in [1.82, 2.24) is 24.6 Å². The van der Waals surface area contributed by atoms with Gasteiger partial charge in [0.1, 0.15) is 12.2 Å². The summed E-state index contributed by atoms with van der Waals surface area (Å²) in [6.45, 7) is 4.66. The van der Waals surface area contributed by atoms with E-state index < -0.39 is 0 Å². The highest BCUT2D eigenvalue weighted by molar-refractivity contribution is 5.77. The number of likely N-dealkylation sites (tertiary alicyclic amines) is 2. The van der Waals surface area contributed by atoms with Crippen LogP contribution in [0, 0.1) is 5.41 Å². The Bertz CT molecular complexity index is 536. The minimum Gasteiger partial charge on any atom is -0.396 e. The number of piperidine rings is 2. The van der Waals surface area contributed by atoms with Crippen molar-refractivity contribution in [2.45, 2.75) is 38.6 Å². The predicted molar refractivity (Wildman–Crippen MR) is 85.5 cm³/mol. The van der Waals surface area contributed by atoms with Crippen LogP contribution in [0.15, 0.2) is 6.33 Å². The number of carbonyl (C=O) groups is 1.